The number of nitrogens with zero attached hydrogens (tertiary/aromatic N) is 5. The minimum Gasteiger partial charge on any atom is -0.482 e. The summed E-state index contributed by atoms with van der Waals surface area (Å²) in [5.74, 6) is 1.42. The van der Waals surface area contributed by atoms with Crippen molar-refractivity contribution in [2.24, 2.45) is 14.1 Å². The van der Waals surface area contributed by atoms with Gasteiger partial charge in [0.15, 0.2) is 5.60 Å². The van der Waals surface area contributed by atoms with E-state index < -0.39 is 5.60 Å². The number of halogens is 1. The van der Waals surface area contributed by atoms with Gasteiger partial charge in [-0.2, -0.15) is 5.10 Å². The number of pyridine rings is 1. The molecule has 3 heterocycles. The van der Waals surface area contributed by atoms with Crippen LogP contribution in [-0.2, 0) is 26.3 Å². The van der Waals surface area contributed by atoms with Crippen LogP contribution in [0.15, 0.2) is 54.7 Å². The second kappa shape index (κ2) is 9.78. The first-order valence-electron chi connectivity index (χ1n) is 12.2. The van der Waals surface area contributed by atoms with Crippen LogP contribution in [0.3, 0.4) is 0 Å². The molecule has 5 aromatic rings. The number of aromatic nitrogens is 5. The zero-order valence-electron chi connectivity index (χ0n) is 22.3. The Hall–Kier alpha value is -3.88. The highest BCUT2D eigenvalue weighted by molar-refractivity contribution is 6.37. The summed E-state index contributed by atoms with van der Waals surface area (Å²) in [4.78, 5) is 9.12. The molecule has 0 saturated carbocycles. The van der Waals surface area contributed by atoms with Crippen molar-refractivity contribution in [3.63, 3.8) is 0 Å². The number of fused-ring (bicyclic) bond motifs is 1. The average Bonchev–Trinajstić information content (AvgIpc) is 3.39. The van der Waals surface area contributed by atoms with Gasteiger partial charge in [0, 0.05) is 30.7 Å². The summed E-state index contributed by atoms with van der Waals surface area (Å²) >= 11 is 6.95. The van der Waals surface area contributed by atoms with Crippen LogP contribution < -0.4 is 9.47 Å². The predicted octanol–water partition coefficient (Wildman–Crippen LogP) is 5.15. The average molecular weight is 532 g/mol. The number of aryl methyl sites for hydroxylation is 3. The molecular weight excluding hydrogens is 502 g/mol. The van der Waals surface area contributed by atoms with Gasteiger partial charge in [-0.15, -0.1) is 0 Å². The maximum atomic E-state index is 12.6. The number of ether oxygens (including phenoxy) is 2. The summed E-state index contributed by atoms with van der Waals surface area (Å²) in [5.41, 5.74) is 3.53. The number of rotatable bonds is 7. The molecule has 0 aliphatic carbocycles. The SMILES string of the molecule is COc1nc2ccc(C(O)(c3c(C)nn(C)c3C)c3cnc(C)n3C)cc2c(Cl)c1OCc1ccccc1. The molecule has 3 aromatic heterocycles. The smallest absolute Gasteiger partial charge is 0.258 e. The molecule has 2 aromatic carbocycles. The Morgan fingerprint density at radius 2 is 1.79 bits per heavy atom. The van der Waals surface area contributed by atoms with E-state index in [4.69, 9.17) is 21.1 Å². The molecule has 1 atom stereocenters. The van der Waals surface area contributed by atoms with Gasteiger partial charge in [-0.05, 0) is 44.0 Å². The molecule has 196 valence electrons. The van der Waals surface area contributed by atoms with Crippen molar-refractivity contribution < 1.29 is 14.6 Å². The van der Waals surface area contributed by atoms with E-state index in [9.17, 15) is 5.11 Å². The monoisotopic (exact) mass is 531 g/mol. The van der Waals surface area contributed by atoms with Crippen molar-refractivity contribution in [2.75, 3.05) is 7.11 Å². The first-order valence-corrected chi connectivity index (χ1v) is 12.6. The molecule has 0 bridgehead atoms. The summed E-state index contributed by atoms with van der Waals surface area (Å²) in [6, 6.07) is 15.3. The van der Waals surface area contributed by atoms with Crippen LogP contribution in [0.5, 0.6) is 11.6 Å². The van der Waals surface area contributed by atoms with Gasteiger partial charge in [-0.25, -0.2) is 9.97 Å². The van der Waals surface area contributed by atoms with E-state index in [1.54, 1.807) is 10.9 Å². The van der Waals surface area contributed by atoms with Gasteiger partial charge in [-0.3, -0.25) is 4.68 Å². The lowest BCUT2D eigenvalue weighted by Crippen LogP contribution is -2.32. The first kappa shape index (κ1) is 25.8. The highest BCUT2D eigenvalue weighted by Gasteiger charge is 2.41. The Kier molecular flexibility index (Phi) is 6.63. The summed E-state index contributed by atoms with van der Waals surface area (Å²) in [7, 11) is 5.29. The second-order valence-electron chi connectivity index (χ2n) is 9.40. The molecule has 0 aliphatic heterocycles. The number of methoxy groups -OCH3 is 1. The van der Waals surface area contributed by atoms with Gasteiger partial charge < -0.3 is 19.1 Å². The number of hydrogen-bond acceptors (Lipinski definition) is 6. The van der Waals surface area contributed by atoms with E-state index in [1.807, 2.05) is 88.0 Å². The van der Waals surface area contributed by atoms with E-state index in [-0.39, 0.29) is 0 Å². The Morgan fingerprint density at radius 1 is 1.05 bits per heavy atom. The van der Waals surface area contributed by atoms with Gasteiger partial charge in [-0.1, -0.05) is 48.0 Å². The normalized spacial score (nSPS) is 13.1. The molecule has 0 amide bonds. The molecule has 0 spiro atoms. The van der Waals surface area contributed by atoms with Gasteiger partial charge in [0.2, 0.25) is 5.75 Å². The maximum Gasteiger partial charge on any atom is 0.258 e. The van der Waals surface area contributed by atoms with E-state index >= 15 is 0 Å². The lowest BCUT2D eigenvalue weighted by molar-refractivity contribution is 0.116. The molecular formula is C29H30ClN5O3. The van der Waals surface area contributed by atoms with Crippen LogP contribution in [0.4, 0.5) is 0 Å². The Morgan fingerprint density at radius 3 is 2.39 bits per heavy atom. The number of aliphatic hydroxyl groups is 1. The largest absolute Gasteiger partial charge is 0.482 e. The van der Waals surface area contributed by atoms with Crippen molar-refractivity contribution >= 4 is 22.5 Å². The lowest BCUT2D eigenvalue weighted by atomic mass is 9.81. The van der Waals surface area contributed by atoms with Gasteiger partial charge in [0.25, 0.3) is 5.88 Å². The van der Waals surface area contributed by atoms with Gasteiger partial charge in [0.05, 0.1) is 35.2 Å². The minimum absolute atomic E-state index is 0.294. The molecule has 0 saturated heterocycles. The van der Waals surface area contributed by atoms with E-state index in [0.29, 0.717) is 51.0 Å². The Balaban J connectivity index is 1.71. The van der Waals surface area contributed by atoms with Crippen molar-refractivity contribution in [1.82, 2.24) is 24.3 Å². The van der Waals surface area contributed by atoms with Crippen LogP contribution in [0.25, 0.3) is 10.9 Å². The number of imidazole rings is 1. The van der Waals surface area contributed by atoms with E-state index in [1.165, 1.54) is 7.11 Å². The molecule has 38 heavy (non-hydrogen) atoms. The van der Waals surface area contributed by atoms with Crippen molar-refractivity contribution in [3.05, 3.63) is 99.3 Å². The molecule has 0 aliphatic rings. The van der Waals surface area contributed by atoms with Crippen LogP contribution >= 0.6 is 11.6 Å². The fourth-order valence-electron chi connectivity index (χ4n) is 4.96. The third-order valence-corrected chi connectivity index (χ3v) is 7.52. The summed E-state index contributed by atoms with van der Waals surface area (Å²) < 4.78 is 15.3. The lowest BCUT2D eigenvalue weighted by Gasteiger charge is -2.30. The van der Waals surface area contributed by atoms with Crippen LogP contribution in [0.1, 0.15) is 39.6 Å². The molecule has 5 rings (SSSR count). The fourth-order valence-corrected chi connectivity index (χ4v) is 5.25. The van der Waals surface area contributed by atoms with Crippen molar-refractivity contribution in [1.29, 1.82) is 0 Å². The molecule has 9 heteroatoms. The first-order chi connectivity index (χ1) is 18.2. The van der Waals surface area contributed by atoms with E-state index in [2.05, 4.69) is 15.1 Å². The van der Waals surface area contributed by atoms with Crippen LogP contribution in [-0.4, -0.2) is 36.5 Å². The minimum atomic E-state index is -1.55. The summed E-state index contributed by atoms with van der Waals surface area (Å²) in [6.07, 6.45) is 1.70. The maximum absolute atomic E-state index is 12.6. The number of benzene rings is 2. The van der Waals surface area contributed by atoms with Crippen molar-refractivity contribution in [3.8, 4) is 11.6 Å². The predicted molar refractivity (Wildman–Crippen MR) is 147 cm³/mol. The summed E-state index contributed by atoms with van der Waals surface area (Å²) in [5, 5.41) is 18.2. The van der Waals surface area contributed by atoms with Gasteiger partial charge in [0.1, 0.15) is 12.4 Å². The zero-order valence-corrected chi connectivity index (χ0v) is 23.0. The quantitative estimate of drug-likeness (QED) is 0.312. The molecule has 8 nitrogen and oxygen atoms in total. The highest BCUT2D eigenvalue weighted by Crippen LogP contribution is 2.44. The molecule has 1 unspecified atom stereocenters. The Bertz CT molecular complexity index is 1640. The molecule has 0 radical (unpaired) electrons. The zero-order chi connectivity index (χ0) is 27.2. The van der Waals surface area contributed by atoms with E-state index in [0.717, 1.165) is 22.8 Å². The third-order valence-electron chi connectivity index (χ3n) is 7.15. The fraction of sp³-hybridized carbons (Fsp3) is 0.276. The number of hydrogen-bond donors (Lipinski definition) is 1. The van der Waals surface area contributed by atoms with Crippen LogP contribution in [0, 0.1) is 20.8 Å². The van der Waals surface area contributed by atoms with Gasteiger partial charge >= 0.3 is 0 Å². The molecule has 1 N–H and O–H groups in total. The Labute approximate surface area is 226 Å². The van der Waals surface area contributed by atoms with Crippen molar-refractivity contribution in [2.45, 2.75) is 33.0 Å². The molecule has 0 fully saturated rings. The second-order valence-corrected chi connectivity index (χ2v) is 9.78. The standard InChI is InChI=1S/C29H30ClN5O3/c1-17-25(18(2)35(5)33-17)29(36,24-15-31-19(3)34(24)4)21-12-13-23-22(14-21)26(30)27(28(32-23)37-6)38-16-20-10-8-7-9-11-20/h7-15,36H,16H2,1-6H3. The summed E-state index contributed by atoms with van der Waals surface area (Å²) in [6.45, 7) is 6.04. The highest BCUT2D eigenvalue weighted by atomic mass is 35.5. The van der Waals surface area contributed by atoms with Crippen LogP contribution in [0.2, 0.25) is 5.02 Å². The third kappa shape index (κ3) is 4.10. The topological polar surface area (TPSA) is 87.2 Å².